The number of benzene rings is 2. The molecule has 0 amide bonds. The summed E-state index contributed by atoms with van der Waals surface area (Å²) in [4.78, 5) is 0. The molecular formula is C45H72Cl2SiZr. The molecule has 0 spiro atoms. The van der Waals surface area contributed by atoms with Crippen LogP contribution in [0.1, 0.15) is 141 Å². The molecule has 0 heterocycles. The average Bonchev–Trinajstić information content (AvgIpc) is 3.50. The van der Waals surface area contributed by atoms with Gasteiger partial charge in [-0.05, 0) is 117 Å². The van der Waals surface area contributed by atoms with E-state index in [2.05, 4.69) is 124 Å². The SMILES string of the molecule is CC1CC2C(c3ccc(C(C)(C)C)cc3)CCCC2C1[Si](C)(C)C1C(C)C(C)C2C(c3ccc(C(C)(C)C)cc3)CCCC21.[CH3-].[CH3-].[Cl][Zr+2][Cl]. The van der Waals surface area contributed by atoms with Crippen LogP contribution in [0.25, 0.3) is 0 Å². The number of halogens is 2. The van der Waals surface area contributed by atoms with E-state index in [4.69, 9.17) is 17.0 Å². The van der Waals surface area contributed by atoms with Gasteiger partial charge >= 0.3 is 37.9 Å². The summed E-state index contributed by atoms with van der Waals surface area (Å²) < 4.78 is 0. The van der Waals surface area contributed by atoms with Gasteiger partial charge in [0, 0.05) is 0 Å². The van der Waals surface area contributed by atoms with Crippen LogP contribution in [0.3, 0.4) is 0 Å². The summed E-state index contributed by atoms with van der Waals surface area (Å²) in [7, 11) is 8.32. The number of hydrogen-bond donors (Lipinski definition) is 0. The predicted molar refractivity (Wildman–Crippen MR) is 219 cm³/mol. The molecule has 4 saturated carbocycles. The molecule has 2 aromatic rings. The number of rotatable bonds is 4. The molecule has 4 heteroatoms. The monoisotopic (exact) mass is 800 g/mol. The molecule has 0 aliphatic heterocycles. The van der Waals surface area contributed by atoms with Crippen molar-refractivity contribution in [1.82, 2.24) is 0 Å². The Balaban J connectivity index is 0.00000126. The Morgan fingerprint density at radius 3 is 1.49 bits per heavy atom. The van der Waals surface area contributed by atoms with E-state index in [9.17, 15) is 0 Å². The summed E-state index contributed by atoms with van der Waals surface area (Å²) >= 11 is -0.826. The third kappa shape index (κ3) is 8.76. The summed E-state index contributed by atoms with van der Waals surface area (Å²) in [6.07, 6.45) is 10.2. The van der Waals surface area contributed by atoms with Gasteiger partial charge in [0.1, 0.15) is 0 Å². The van der Waals surface area contributed by atoms with E-state index >= 15 is 0 Å². The fourth-order valence-electron chi connectivity index (χ4n) is 12.6. The molecular weight excluding hydrogens is 731 g/mol. The van der Waals surface area contributed by atoms with E-state index in [1.54, 1.807) is 11.1 Å². The van der Waals surface area contributed by atoms with E-state index < -0.39 is 28.9 Å². The van der Waals surface area contributed by atoms with E-state index in [0.29, 0.717) is 0 Å². The Morgan fingerprint density at radius 1 is 0.592 bits per heavy atom. The molecule has 11 atom stereocenters. The van der Waals surface area contributed by atoms with Gasteiger partial charge < -0.3 is 14.9 Å². The van der Waals surface area contributed by atoms with Crippen molar-refractivity contribution in [2.75, 3.05) is 0 Å². The van der Waals surface area contributed by atoms with Crippen LogP contribution in [0.15, 0.2) is 48.5 Å². The van der Waals surface area contributed by atoms with Gasteiger partial charge in [0.05, 0.1) is 8.07 Å². The molecule has 4 aliphatic rings. The minimum absolute atomic E-state index is 0. The van der Waals surface area contributed by atoms with Gasteiger partial charge in [-0.1, -0.05) is 150 Å². The predicted octanol–water partition coefficient (Wildman–Crippen LogP) is 15.0. The van der Waals surface area contributed by atoms with Crippen molar-refractivity contribution < 1.29 is 20.8 Å². The molecule has 0 saturated heterocycles. The van der Waals surface area contributed by atoms with Crippen LogP contribution in [0.4, 0.5) is 0 Å². The maximum atomic E-state index is 4.93. The fraction of sp³-hybridized carbons (Fsp3) is 0.689. The van der Waals surface area contributed by atoms with E-state index in [-0.39, 0.29) is 25.7 Å². The Kier molecular flexibility index (Phi) is 15.2. The second-order valence-corrected chi connectivity index (χ2v) is 28.0. The average molecular weight is 803 g/mol. The van der Waals surface area contributed by atoms with Gasteiger partial charge in [-0.2, -0.15) is 0 Å². The summed E-state index contributed by atoms with van der Waals surface area (Å²) in [5.41, 5.74) is 8.70. The summed E-state index contributed by atoms with van der Waals surface area (Å²) in [5.74, 6) is 7.84. The van der Waals surface area contributed by atoms with Crippen molar-refractivity contribution in [3.05, 3.63) is 85.6 Å². The Labute approximate surface area is 324 Å². The second-order valence-electron chi connectivity index (χ2n) is 19.3. The molecule has 0 aromatic heterocycles. The standard InChI is InChI=1S/C43H66Si.2CH3.2ClH.Zr/c1-27-26-38-34(30-18-22-32(23-19-30)42(4,5)6)14-12-16-36(38)40(27)44(10,11)41-29(3)28(2)39-35(15-13-17-37(39)41)31-20-24-33(25-21-31)43(7,8)9;;;;;/h18-25,27-29,34-41H,12-17,26H2,1-11H3;2*1H3;2*1H;/q;2*-1;;;+4/p-2. The van der Waals surface area contributed by atoms with Crippen molar-refractivity contribution in [2.45, 2.75) is 154 Å². The van der Waals surface area contributed by atoms with Gasteiger partial charge in [-0.3, -0.25) is 0 Å². The van der Waals surface area contributed by atoms with Crippen LogP contribution in [0.5, 0.6) is 0 Å². The first-order chi connectivity index (χ1) is 22.0. The van der Waals surface area contributed by atoms with Crippen LogP contribution in [0.2, 0.25) is 24.2 Å². The van der Waals surface area contributed by atoms with Crippen LogP contribution >= 0.6 is 17.0 Å². The molecule has 0 N–H and O–H groups in total. The van der Waals surface area contributed by atoms with Gasteiger partial charge in [-0.15, -0.1) is 0 Å². The van der Waals surface area contributed by atoms with Crippen molar-refractivity contribution in [3.8, 4) is 0 Å². The molecule has 6 rings (SSSR count). The molecule has 0 nitrogen and oxygen atoms in total. The zero-order valence-corrected chi connectivity index (χ0v) is 38.6. The van der Waals surface area contributed by atoms with Gasteiger partial charge in [0.2, 0.25) is 0 Å². The molecule has 4 aliphatic carbocycles. The quantitative estimate of drug-likeness (QED) is 0.213. The number of fused-ring (bicyclic) bond motifs is 2. The molecule has 11 unspecified atom stereocenters. The fourth-order valence-corrected chi connectivity index (χ4v) is 19.3. The molecule has 0 radical (unpaired) electrons. The first-order valence-corrected chi connectivity index (χ1v) is 28.7. The van der Waals surface area contributed by atoms with Gasteiger partial charge in [0.15, 0.2) is 0 Å². The third-order valence-corrected chi connectivity index (χ3v) is 19.8. The molecule has 49 heavy (non-hydrogen) atoms. The minimum atomic E-state index is -1.55. The molecule has 274 valence electrons. The Bertz CT molecular complexity index is 1310. The van der Waals surface area contributed by atoms with Gasteiger partial charge in [0.25, 0.3) is 0 Å². The van der Waals surface area contributed by atoms with Crippen LogP contribution in [-0.2, 0) is 31.7 Å². The topological polar surface area (TPSA) is 0 Å². The Morgan fingerprint density at radius 2 is 1.02 bits per heavy atom. The van der Waals surface area contributed by atoms with Crippen LogP contribution in [0, 0.1) is 56.3 Å². The van der Waals surface area contributed by atoms with Crippen molar-refractivity contribution in [2.24, 2.45) is 41.4 Å². The number of hydrogen-bond acceptors (Lipinski definition) is 0. The summed E-state index contributed by atoms with van der Waals surface area (Å²) in [6.45, 7) is 28.0. The summed E-state index contributed by atoms with van der Waals surface area (Å²) in [6, 6.07) is 19.9. The molecule has 2 aromatic carbocycles. The first kappa shape index (κ1) is 43.5. The van der Waals surface area contributed by atoms with Gasteiger partial charge in [-0.25, -0.2) is 0 Å². The van der Waals surface area contributed by atoms with Crippen LogP contribution < -0.4 is 0 Å². The maximum absolute atomic E-state index is 4.93. The third-order valence-electron chi connectivity index (χ3n) is 14.4. The first-order valence-electron chi connectivity index (χ1n) is 19.2. The Hall–Kier alpha value is 0.120. The van der Waals surface area contributed by atoms with Crippen molar-refractivity contribution in [1.29, 1.82) is 0 Å². The van der Waals surface area contributed by atoms with Crippen molar-refractivity contribution in [3.63, 3.8) is 0 Å². The zero-order valence-electron chi connectivity index (χ0n) is 33.7. The van der Waals surface area contributed by atoms with E-state index in [1.807, 2.05) is 0 Å². The normalized spacial score (nSPS) is 34.3. The molecule has 0 bridgehead atoms. The molecule has 4 fully saturated rings. The second kappa shape index (κ2) is 17.1. The van der Waals surface area contributed by atoms with E-state index in [0.717, 1.165) is 64.3 Å². The van der Waals surface area contributed by atoms with Crippen molar-refractivity contribution >= 4 is 25.1 Å². The van der Waals surface area contributed by atoms with E-state index in [1.165, 1.54) is 56.1 Å². The zero-order chi connectivity index (χ0) is 34.5. The summed E-state index contributed by atoms with van der Waals surface area (Å²) in [5, 5.41) is 0. The van der Waals surface area contributed by atoms with Crippen LogP contribution in [-0.4, -0.2) is 8.07 Å².